The molecular formula is C19H20N2O4S. The predicted octanol–water partition coefficient (Wildman–Crippen LogP) is 2.80. The third-order valence-corrected chi connectivity index (χ3v) is 5.17. The first-order chi connectivity index (χ1) is 12.6. The highest BCUT2D eigenvalue weighted by atomic mass is 32.2. The molecule has 0 saturated carbocycles. The molecule has 7 heteroatoms. The second-order valence-corrected chi connectivity index (χ2v) is 7.03. The number of ether oxygens (including phenoxy) is 2. The van der Waals surface area contributed by atoms with Crippen molar-refractivity contribution in [3.8, 4) is 11.5 Å². The zero-order valence-electron chi connectivity index (χ0n) is 14.4. The second-order valence-electron chi connectivity index (χ2n) is 5.88. The van der Waals surface area contributed by atoms with Crippen molar-refractivity contribution in [2.45, 2.75) is 18.1 Å². The Hall–Kier alpha value is -2.51. The van der Waals surface area contributed by atoms with Crippen LogP contribution >= 0.6 is 11.8 Å². The largest absolute Gasteiger partial charge is 0.497 e. The zero-order chi connectivity index (χ0) is 18.5. The Morgan fingerprint density at radius 1 is 1.00 bits per heavy atom. The lowest BCUT2D eigenvalue weighted by molar-refractivity contribution is -0.126. The molecule has 136 valence electrons. The third-order valence-electron chi connectivity index (χ3n) is 4.12. The van der Waals surface area contributed by atoms with Crippen molar-refractivity contribution < 1.29 is 19.1 Å². The molecule has 1 aliphatic rings. The Labute approximate surface area is 156 Å². The number of hydrogen-bond donors (Lipinski definition) is 1. The van der Waals surface area contributed by atoms with Crippen LogP contribution in [0.1, 0.15) is 11.1 Å². The summed E-state index contributed by atoms with van der Waals surface area (Å²) in [4.78, 5) is 23.3. The first kappa shape index (κ1) is 18.3. The van der Waals surface area contributed by atoms with Gasteiger partial charge in [-0.05, 0) is 53.6 Å². The van der Waals surface area contributed by atoms with Crippen molar-refractivity contribution in [1.29, 1.82) is 0 Å². The van der Waals surface area contributed by atoms with Gasteiger partial charge in [0.1, 0.15) is 11.5 Å². The fourth-order valence-electron chi connectivity index (χ4n) is 2.62. The molecule has 0 radical (unpaired) electrons. The summed E-state index contributed by atoms with van der Waals surface area (Å²) in [6.45, 7) is 0.569. The van der Waals surface area contributed by atoms with Crippen LogP contribution in [0.15, 0.2) is 48.5 Å². The maximum atomic E-state index is 11.8. The summed E-state index contributed by atoms with van der Waals surface area (Å²) in [5.41, 5.74) is 2.14. The average molecular weight is 372 g/mol. The molecule has 0 bridgehead atoms. The number of hydrazine groups is 1. The van der Waals surface area contributed by atoms with Gasteiger partial charge in [0.25, 0.3) is 5.91 Å². The van der Waals surface area contributed by atoms with E-state index in [1.807, 2.05) is 48.5 Å². The van der Waals surface area contributed by atoms with E-state index in [-0.39, 0.29) is 5.91 Å². The van der Waals surface area contributed by atoms with Gasteiger partial charge in [0.05, 0.1) is 19.0 Å². The molecule has 1 atom stereocenters. The summed E-state index contributed by atoms with van der Waals surface area (Å²) < 4.78 is 10.9. The fraction of sp³-hybridized carbons (Fsp3) is 0.263. The molecule has 1 saturated heterocycles. The number of nitrogens with zero attached hydrogens (tertiary/aromatic N) is 1. The van der Waals surface area contributed by atoms with Crippen molar-refractivity contribution in [1.82, 2.24) is 5.01 Å². The van der Waals surface area contributed by atoms with Crippen LogP contribution in [0.5, 0.6) is 11.5 Å². The summed E-state index contributed by atoms with van der Waals surface area (Å²) in [6.07, 6.45) is 1.27. The number of hydrogen-bond acceptors (Lipinski definition) is 6. The van der Waals surface area contributed by atoms with Gasteiger partial charge in [-0.25, -0.2) is 10.9 Å². The van der Waals surface area contributed by atoms with Crippen LogP contribution in [-0.4, -0.2) is 35.1 Å². The van der Waals surface area contributed by atoms with Crippen LogP contribution in [0.3, 0.4) is 0 Å². The molecule has 1 heterocycles. The van der Waals surface area contributed by atoms with E-state index in [2.05, 4.69) is 0 Å². The maximum absolute atomic E-state index is 11.8. The molecule has 0 aliphatic carbocycles. The number of imide groups is 1. The van der Waals surface area contributed by atoms with Gasteiger partial charge in [-0.15, -0.1) is 0 Å². The quantitative estimate of drug-likeness (QED) is 0.594. The number of methoxy groups -OCH3 is 1. The van der Waals surface area contributed by atoms with Crippen LogP contribution in [0.2, 0.25) is 0 Å². The summed E-state index contributed by atoms with van der Waals surface area (Å²) in [5, 5.41) is -0.167. The fourth-order valence-corrected chi connectivity index (χ4v) is 3.55. The smallest absolute Gasteiger partial charge is 0.303 e. The Morgan fingerprint density at radius 2 is 1.62 bits per heavy atom. The molecular weight excluding hydrogens is 352 g/mol. The van der Waals surface area contributed by atoms with Gasteiger partial charge in [0, 0.05) is 6.42 Å². The van der Waals surface area contributed by atoms with E-state index < -0.39 is 10.5 Å². The summed E-state index contributed by atoms with van der Waals surface area (Å²) in [7, 11) is 1.65. The number of rotatable bonds is 7. The molecule has 2 aromatic rings. The van der Waals surface area contributed by atoms with Crippen LogP contribution in [0.25, 0.3) is 0 Å². The van der Waals surface area contributed by atoms with E-state index in [1.165, 1.54) is 5.56 Å². The lowest BCUT2D eigenvalue weighted by atomic mass is 10.1. The molecule has 6 nitrogen and oxygen atoms in total. The highest BCUT2D eigenvalue weighted by Crippen LogP contribution is 2.27. The number of nitrogens with two attached hydrogens (primary N) is 1. The molecule has 2 aromatic carbocycles. The normalized spacial score (nSPS) is 16.8. The second kappa shape index (κ2) is 8.25. The van der Waals surface area contributed by atoms with Gasteiger partial charge >= 0.3 is 5.24 Å². The van der Waals surface area contributed by atoms with Gasteiger partial charge in [0.15, 0.2) is 0 Å². The van der Waals surface area contributed by atoms with E-state index in [0.717, 1.165) is 35.2 Å². The summed E-state index contributed by atoms with van der Waals surface area (Å²) >= 11 is 0.967. The minimum absolute atomic E-state index is 0.347. The number of carbonyl (C=O) groups is 2. The number of amides is 2. The minimum atomic E-state index is -0.450. The highest BCUT2D eigenvalue weighted by Gasteiger charge is 2.37. The van der Waals surface area contributed by atoms with Gasteiger partial charge in [-0.3, -0.25) is 9.59 Å². The topological polar surface area (TPSA) is 81.9 Å². The monoisotopic (exact) mass is 372 g/mol. The standard InChI is InChI=1S/C19H20N2O4S/c1-24-15-6-2-13(3-7-15)10-11-25-16-8-4-14(5-9-16)12-17-18(22)21(20)19(23)26-17/h2-9,17H,10-12,20H2,1H3/t17-/m0/s1. The predicted molar refractivity (Wildman–Crippen MR) is 100 cm³/mol. The van der Waals surface area contributed by atoms with Crippen molar-refractivity contribution in [2.24, 2.45) is 5.84 Å². The number of benzene rings is 2. The molecule has 0 spiro atoms. The van der Waals surface area contributed by atoms with E-state index in [0.29, 0.717) is 18.0 Å². The van der Waals surface area contributed by atoms with E-state index in [4.69, 9.17) is 15.3 Å². The zero-order valence-corrected chi connectivity index (χ0v) is 15.2. The summed E-state index contributed by atoms with van der Waals surface area (Å²) in [5.74, 6) is 6.65. The molecule has 0 unspecified atom stereocenters. The van der Waals surface area contributed by atoms with Crippen LogP contribution in [0.4, 0.5) is 4.79 Å². The maximum Gasteiger partial charge on any atom is 0.303 e. The van der Waals surface area contributed by atoms with Crippen LogP contribution < -0.4 is 15.3 Å². The van der Waals surface area contributed by atoms with Gasteiger partial charge < -0.3 is 9.47 Å². The van der Waals surface area contributed by atoms with Gasteiger partial charge in [0.2, 0.25) is 0 Å². The molecule has 2 N–H and O–H groups in total. The number of thioether (sulfide) groups is 1. The summed E-state index contributed by atoms with van der Waals surface area (Å²) in [6, 6.07) is 15.4. The van der Waals surface area contributed by atoms with E-state index in [9.17, 15) is 9.59 Å². The average Bonchev–Trinajstić information content (AvgIpc) is 2.90. The molecule has 26 heavy (non-hydrogen) atoms. The van der Waals surface area contributed by atoms with Crippen molar-refractivity contribution in [2.75, 3.05) is 13.7 Å². The Kier molecular flexibility index (Phi) is 5.80. The Morgan fingerprint density at radius 3 is 2.19 bits per heavy atom. The molecule has 1 aliphatic heterocycles. The molecule has 2 amide bonds. The third kappa shape index (κ3) is 4.36. The van der Waals surface area contributed by atoms with Crippen LogP contribution in [0, 0.1) is 0 Å². The van der Waals surface area contributed by atoms with Gasteiger partial charge in [-0.1, -0.05) is 24.3 Å². The Bertz CT molecular complexity index is 777. The molecule has 0 aromatic heterocycles. The van der Waals surface area contributed by atoms with Crippen LogP contribution in [-0.2, 0) is 17.6 Å². The SMILES string of the molecule is COc1ccc(CCOc2ccc(C[C@@H]3SC(=O)N(N)C3=O)cc2)cc1. The lowest BCUT2D eigenvalue weighted by Gasteiger charge is -2.09. The first-order valence-corrected chi connectivity index (χ1v) is 9.09. The van der Waals surface area contributed by atoms with E-state index in [1.54, 1.807) is 7.11 Å². The molecule has 3 rings (SSSR count). The number of carbonyl (C=O) groups excluding carboxylic acids is 2. The minimum Gasteiger partial charge on any atom is -0.497 e. The van der Waals surface area contributed by atoms with Crippen molar-refractivity contribution in [3.63, 3.8) is 0 Å². The Balaban J connectivity index is 1.48. The highest BCUT2D eigenvalue weighted by molar-refractivity contribution is 8.15. The van der Waals surface area contributed by atoms with Crippen molar-refractivity contribution >= 4 is 22.9 Å². The van der Waals surface area contributed by atoms with E-state index >= 15 is 0 Å². The van der Waals surface area contributed by atoms with Crippen molar-refractivity contribution in [3.05, 3.63) is 59.7 Å². The molecule has 1 fully saturated rings. The first-order valence-electron chi connectivity index (χ1n) is 8.21. The lowest BCUT2D eigenvalue weighted by Crippen LogP contribution is -2.37. The van der Waals surface area contributed by atoms with Gasteiger partial charge in [-0.2, -0.15) is 0 Å².